The van der Waals surface area contributed by atoms with Gasteiger partial charge in [0.05, 0.1) is 0 Å². The fraction of sp³-hybridized carbons (Fsp3) is 0.533. The van der Waals surface area contributed by atoms with Crippen LogP contribution in [-0.4, -0.2) is 48.9 Å². The molecule has 0 aliphatic carbocycles. The van der Waals surface area contributed by atoms with Crippen molar-refractivity contribution in [3.8, 4) is 0 Å². The molecule has 1 aliphatic heterocycles. The van der Waals surface area contributed by atoms with Gasteiger partial charge in [-0.1, -0.05) is 24.6 Å². The second-order valence-electron chi connectivity index (χ2n) is 5.18. The highest BCUT2D eigenvalue weighted by Crippen LogP contribution is 2.16. The van der Waals surface area contributed by atoms with Crippen molar-refractivity contribution in [3.05, 3.63) is 35.9 Å². The summed E-state index contributed by atoms with van der Waals surface area (Å²) in [4.78, 5) is 16.5. The molecule has 1 aromatic carbocycles. The Hall–Kier alpha value is -1.35. The van der Waals surface area contributed by atoms with Gasteiger partial charge in [-0.2, -0.15) is 0 Å². The van der Waals surface area contributed by atoms with Gasteiger partial charge in [-0.05, 0) is 38.6 Å². The fourth-order valence-electron chi connectivity index (χ4n) is 2.57. The van der Waals surface area contributed by atoms with Crippen LogP contribution in [0.5, 0.6) is 0 Å². The van der Waals surface area contributed by atoms with Gasteiger partial charge in [0.2, 0.25) is 0 Å². The molecule has 1 amide bonds. The van der Waals surface area contributed by atoms with E-state index in [0.717, 1.165) is 18.7 Å². The van der Waals surface area contributed by atoms with Crippen molar-refractivity contribution in [3.63, 3.8) is 0 Å². The van der Waals surface area contributed by atoms with Gasteiger partial charge >= 0.3 is 0 Å². The normalized spacial score (nSPS) is 20.7. The van der Waals surface area contributed by atoms with Gasteiger partial charge in [-0.3, -0.25) is 4.79 Å². The topological polar surface area (TPSA) is 23.6 Å². The molecule has 3 heteroatoms. The summed E-state index contributed by atoms with van der Waals surface area (Å²) in [7, 11) is 4.06. The van der Waals surface area contributed by atoms with Crippen LogP contribution in [0.2, 0.25) is 0 Å². The Bertz CT molecular complexity index is 391. The standard InChI is InChI=1S/C15H22N2O/c1-16-11-7-6-10-14(16)12-17(2)15(18)13-8-4-3-5-9-13/h3-5,8-9,14H,6-7,10-12H2,1-2H3. The molecule has 1 heterocycles. The highest BCUT2D eigenvalue weighted by Gasteiger charge is 2.22. The van der Waals surface area contributed by atoms with E-state index in [2.05, 4.69) is 11.9 Å². The molecular weight excluding hydrogens is 224 g/mol. The molecule has 2 rings (SSSR count). The molecule has 0 bridgehead atoms. The van der Waals surface area contributed by atoms with Gasteiger partial charge in [0.1, 0.15) is 0 Å². The second-order valence-corrected chi connectivity index (χ2v) is 5.18. The summed E-state index contributed by atoms with van der Waals surface area (Å²) in [6.45, 7) is 1.97. The summed E-state index contributed by atoms with van der Waals surface area (Å²) >= 11 is 0. The molecule has 98 valence electrons. The number of benzene rings is 1. The summed E-state index contributed by atoms with van der Waals surface area (Å²) in [6.07, 6.45) is 3.76. The van der Waals surface area contributed by atoms with Crippen LogP contribution in [-0.2, 0) is 0 Å². The zero-order valence-electron chi connectivity index (χ0n) is 11.3. The number of rotatable bonds is 3. The number of piperidine rings is 1. The molecule has 0 radical (unpaired) electrons. The number of amides is 1. The third-order valence-electron chi connectivity index (χ3n) is 3.77. The van der Waals surface area contributed by atoms with Crippen LogP contribution in [0.25, 0.3) is 0 Å². The average molecular weight is 246 g/mol. The highest BCUT2D eigenvalue weighted by molar-refractivity contribution is 5.94. The van der Waals surface area contributed by atoms with Crippen molar-refractivity contribution in [1.29, 1.82) is 0 Å². The SMILES string of the molecule is CN(CC1CCCCN1C)C(=O)c1ccccc1. The first-order chi connectivity index (χ1) is 8.68. The minimum atomic E-state index is 0.120. The van der Waals surface area contributed by atoms with E-state index in [-0.39, 0.29) is 5.91 Å². The van der Waals surface area contributed by atoms with Crippen LogP contribution >= 0.6 is 0 Å². The smallest absolute Gasteiger partial charge is 0.253 e. The van der Waals surface area contributed by atoms with Crippen LogP contribution in [0.4, 0.5) is 0 Å². The fourth-order valence-corrected chi connectivity index (χ4v) is 2.57. The predicted molar refractivity (Wildman–Crippen MR) is 73.7 cm³/mol. The van der Waals surface area contributed by atoms with Crippen LogP contribution in [0, 0.1) is 0 Å². The van der Waals surface area contributed by atoms with Crippen molar-refractivity contribution in [2.24, 2.45) is 0 Å². The summed E-state index contributed by atoms with van der Waals surface area (Å²) in [6, 6.07) is 10.0. The lowest BCUT2D eigenvalue weighted by Crippen LogP contribution is -2.45. The van der Waals surface area contributed by atoms with Crippen LogP contribution in [0.1, 0.15) is 29.6 Å². The summed E-state index contributed by atoms with van der Waals surface area (Å²) in [5.41, 5.74) is 0.776. The first-order valence-electron chi connectivity index (χ1n) is 6.69. The zero-order chi connectivity index (χ0) is 13.0. The maximum absolute atomic E-state index is 12.2. The van der Waals surface area contributed by atoms with Crippen molar-refractivity contribution in [2.45, 2.75) is 25.3 Å². The van der Waals surface area contributed by atoms with Crippen LogP contribution in [0.3, 0.4) is 0 Å². The molecular formula is C15H22N2O. The molecule has 18 heavy (non-hydrogen) atoms. The van der Waals surface area contributed by atoms with Crippen LogP contribution in [0.15, 0.2) is 30.3 Å². The number of likely N-dealkylation sites (N-methyl/N-ethyl adjacent to an activating group) is 2. The number of likely N-dealkylation sites (tertiary alicyclic amines) is 1. The maximum Gasteiger partial charge on any atom is 0.253 e. The Morgan fingerprint density at radius 3 is 2.72 bits per heavy atom. The van der Waals surface area contributed by atoms with Crippen molar-refractivity contribution < 1.29 is 4.79 Å². The van der Waals surface area contributed by atoms with E-state index in [1.807, 2.05) is 42.3 Å². The van der Waals surface area contributed by atoms with E-state index >= 15 is 0 Å². The Morgan fingerprint density at radius 1 is 1.33 bits per heavy atom. The number of nitrogens with zero attached hydrogens (tertiary/aromatic N) is 2. The number of hydrogen-bond donors (Lipinski definition) is 0. The van der Waals surface area contributed by atoms with Gasteiger partial charge in [0, 0.05) is 25.2 Å². The van der Waals surface area contributed by atoms with Gasteiger partial charge < -0.3 is 9.80 Å². The molecule has 3 nitrogen and oxygen atoms in total. The molecule has 1 aliphatic rings. The summed E-state index contributed by atoms with van der Waals surface area (Å²) in [5.74, 6) is 0.120. The minimum absolute atomic E-state index is 0.120. The third-order valence-corrected chi connectivity index (χ3v) is 3.77. The molecule has 1 aromatic rings. The van der Waals surface area contributed by atoms with Crippen molar-refractivity contribution in [1.82, 2.24) is 9.80 Å². The van der Waals surface area contributed by atoms with E-state index in [9.17, 15) is 4.79 Å². The van der Waals surface area contributed by atoms with Gasteiger partial charge in [-0.15, -0.1) is 0 Å². The predicted octanol–water partition coefficient (Wildman–Crippen LogP) is 2.24. The molecule has 1 fully saturated rings. The molecule has 1 atom stereocenters. The van der Waals surface area contributed by atoms with Crippen molar-refractivity contribution >= 4 is 5.91 Å². The molecule has 0 aromatic heterocycles. The zero-order valence-corrected chi connectivity index (χ0v) is 11.3. The molecule has 0 N–H and O–H groups in total. The summed E-state index contributed by atoms with van der Waals surface area (Å²) in [5, 5.41) is 0. The quantitative estimate of drug-likeness (QED) is 0.816. The van der Waals surface area contributed by atoms with Crippen LogP contribution < -0.4 is 0 Å². The van der Waals surface area contributed by atoms with E-state index in [1.165, 1.54) is 19.3 Å². The number of carbonyl (C=O) groups is 1. The lowest BCUT2D eigenvalue weighted by Gasteiger charge is -2.35. The first kappa shape index (κ1) is 13.1. The maximum atomic E-state index is 12.2. The van der Waals surface area contributed by atoms with E-state index in [0.29, 0.717) is 6.04 Å². The summed E-state index contributed by atoms with van der Waals surface area (Å²) < 4.78 is 0. The molecule has 0 spiro atoms. The lowest BCUT2D eigenvalue weighted by atomic mass is 10.0. The Labute approximate surface area is 109 Å². The Balaban J connectivity index is 1.95. The first-order valence-corrected chi connectivity index (χ1v) is 6.69. The van der Waals surface area contributed by atoms with Gasteiger partial charge in [0.25, 0.3) is 5.91 Å². The van der Waals surface area contributed by atoms with Gasteiger partial charge in [0.15, 0.2) is 0 Å². The number of hydrogen-bond acceptors (Lipinski definition) is 2. The second kappa shape index (κ2) is 6.01. The Morgan fingerprint density at radius 2 is 2.06 bits per heavy atom. The average Bonchev–Trinajstić information content (AvgIpc) is 2.41. The Kier molecular flexibility index (Phi) is 4.37. The molecule has 1 saturated heterocycles. The molecule has 1 unspecified atom stereocenters. The highest BCUT2D eigenvalue weighted by atomic mass is 16.2. The van der Waals surface area contributed by atoms with Gasteiger partial charge in [-0.25, -0.2) is 0 Å². The molecule has 0 saturated carbocycles. The minimum Gasteiger partial charge on any atom is -0.340 e. The monoisotopic (exact) mass is 246 g/mol. The third kappa shape index (κ3) is 3.10. The van der Waals surface area contributed by atoms with E-state index in [4.69, 9.17) is 0 Å². The lowest BCUT2D eigenvalue weighted by molar-refractivity contribution is 0.0717. The van der Waals surface area contributed by atoms with E-state index in [1.54, 1.807) is 0 Å². The largest absolute Gasteiger partial charge is 0.340 e. The van der Waals surface area contributed by atoms with E-state index < -0.39 is 0 Å². The number of carbonyl (C=O) groups excluding carboxylic acids is 1. The van der Waals surface area contributed by atoms with Crippen molar-refractivity contribution in [2.75, 3.05) is 27.2 Å².